The molecule has 3 N–H and O–H groups in total. The van der Waals surface area contributed by atoms with Crippen molar-refractivity contribution in [2.45, 2.75) is 13.0 Å². The van der Waals surface area contributed by atoms with Crippen molar-refractivity contribution in [3.05, 3.63) is 29.8 Å². The predicted molar refractivity (Wildman–Crippen MR) is 50.9 cm³/mol. The molecule has 0 fully saturated rings. The van der Waals surface area contributed by atoms with E-state index in [0.29, 0.717) is 5.56 Å². The minimum absolute atomic E-state index is 0.229. The van der Waals surface area contributed by atoms with Crippen molar-refractivity contribution < 1.29 is 14.0 Å². The Balaban J connectivity index is 2.46. The number of nitrogens with zero attached hydrogens (tertiary/aromatic N) is 1. The molecule has 5 nitrogen and oxygen atoms in total. The molecule has 1 heterocycles. The van der Waals surface area contributed by atoms with Crippen LogP contribution < -0.4 is 11.2 Å². The summed E-state index contributed by atoms with van der Waals surface area (Å²) >= 11 is 0. The van der Waals surface area contributed by atoms with Crippen molar-refractivity contribution in [2.24, 2.45) is 5.73 Å². The summed E-state index contributed by atoms with van der Waals surface area (Å²) in [6, 6.07) is 1.06. The minimum atomic E-state index is -0.577. The van der Waals surface area contributed by atoms with E-state index < -0.39 is 11.7 Å². The van der Waals surface area contributed by atoms with Crippen molar-refractivity contribution in [2.75, 3.05) is 6.61 Å². The quantitative estimate of drug-likeness (QED) is 0.689. The molecule has 0 radical (unpaired) electrons. The number of nitrogens with two attached hydrogens (primary N) is 1. The number of halogens is 1. The second kappa shape index (κ2) is 5.38. The molecule has 0 aromatic carbocycles. The van der Waals surface area contributed by atoms with E-state index in [0.717, 1.165) is 6.20 Å². The van der Waals surface area contributed by atoms with Gasteiger partial charge in [0.05, 0.1) is 12.2 Å². The SMILES string of the molecule is CC(NOCC(N)=O)c1cncc(F)c1. The molecule has 82 valence electrons. The van der Waals surface area contributed by atoms with Crippen LogP contribution in [0.15, 0.2) is 18.5 Å². The van der Waals surface area contributed by atoms with Crippen LogP contribution in [0.25, 0.3) is 0 Å². The zero-order valence-electron chi connectivity index (χ0n) is 8.24. The molecular weight excluding hydrogens is 201 g/mol. The number of aromatic nitrogens is 1. The van der Waals surface area contributed by atoms with Crippen LogP contribution in [-0.2, 0) is 9.63 Å². The molecule has 0 bridgehead atoms. The molecule has 0 saturated carbocycles. The Morgan fingerprint density at radius 1 is 1.73 bits per heavy atom. The van der Waals surface area contributed by atoms with Gasteiger partial charge in [0.1, 0.15) is 12.4 Å². The first-order chi connectivity index (χ1) is 7.09. The lowest BCUT2D eigenvalue weighted by Crippen LogP contribution is -2.26. The van der Waals surface area contributed by atoms with Crippen molar-refractivity contribution in [1.29, 1.82) is 0 Å². The first-order valence-electron chi connectivity index (χ1n) is 4.35. The van der Waals surface area contributed by atoms with E-state index >= 15 is 0 Å². The number of rotatable bonds is 5. The number of nitrogens with one attached hydrogen (secondary N) is 1. The summed E-state index contributed by atoms with van der Waals surface area (Å²) in [5, 5.41) is 0. The molecule has 15 heavy (non-hydrogen) atoms. The lowest BCUT2D eigenvalue weighted by Gasteiger charge is -2.12. The molecule has 1 atom stereocenters. The van der Waals surface area contributed by atoms with Crippen LogP contribution >= 0.6 is 0 Å². The number of amides is 1. The number of primary amides is 1. The van der Waals surface area contributed by atoms with Crippen LogP contribution in [0, 0.1) is 5.82 Å². The molecule has 0 aliphatic heterocycles. The van der Waals surface area contributed by atoms with Gasteiger partial charge >= 0.3 is 0 Å². The maximum absolute atomic E-state index is 12.8. The van der Waals surface area contributed by atoms with E-state index in [1.807, 2.05) is 0 Å². The highest BCUT2D eigenvalue weighted by atomic mass is 19.1. The molecule has 6 heteroatoms. The van der Waals surface area contributed by atoms with Gasteiger partial charge < -0.3 is 5.73 Å². The average Bonchev–Trinajstić information content (AvgIpc) is 2.17. The standard InChI is InChI=1S/C9H12FN3O2/c1-6(13-15-5-9(11)14)7-2-8(10)4-12-3-7/h2-4,6,13H,5H2,1H3,(H2,11,14). The Bertz CT molecular complexity index is 346. The maximum atomic E-state index is 12.8. The Kier molecular flexibility index (Phi) is 4.14. The third kappa shape index (κ3) is 4.01. The molecule has 0 aliphatic rings. The first-order valence-corrected chi connectivity index (χ1v) is 4.35. The van der Waals surface area contributed by atoms with E-state index in [2.05, 4.69) is 10.5 Å². The average molecular weight is 213 g/mol. The van der Waals surface area contributed by atoms with Gasteiger partial charge in [-0.25, -0.2) is 4.39 Å². The highest BCUT2D eigenvalue weighted by Gasteiger charge is 2.06. The fraction of sp³-hybridized carbons (Fsp3) is 0.333. The molecule has 1 aromatic heterocycles. The number of pyridine rings is 1. The van der Waals surface area contributed by atoms with Gasteiger partial charge in [0.15, 0.2) is 0 Å². The summed E-state index contributed by atoms with van der Waals surface area (Å²) in [5.74, 6) is -0.997. The second-order valence-corrected chi connectivity index (χ2v) is 3.03. The van der Waals surface area contributed by atoms with Gasteiger partial charge in [-0.15, -0.1) is 0 Å². The Morgan fingerprint density at radius 3 is 3.07 bits per heavy atom. The van der Waals surface area contributed by atoms with E-state index in [4.69, 9.17) is 10.6 Å². The van der Waals surface area contributed by atoms with Gasteiger partial charge in [0.25, 0.3) is 0 Å². The monoisotopic (exact) mass is 213 g/mol. The molecule has 1 aromatic rings. The first kappa shape index (κ1) is 11.5. The van der Waals surface area contributed by atoms with Crippen LogP contribution in [0.2, 0.25) is 0 Å². The van der Waals surface area contributed by atoms with Gasteiger partial charge in [-0.1, -0.05) is 0 Å². The number of hydrogen-bond donors (Lipinski definition) is 2. The fourth-order valence-corrected chi connectivity index (χ4v) is 0.971. The van der Waals surface area contributed by atoms with Crippen molar-refractivity contribution >= 4 is 5.91 Å². The Hall–Kier alpha value is -1.53. The van der Waals surface area contributed by atoms with Crippen molar-refractivity contribution in [3.63, 3.8) is 0 Å². The zero-order valence-corrected chi connectivity index (χ0v) is 8.24. The largest absolute Gasteiger partial charge is 0.368 e. The second-order valence-electron chi connectivity index (χ2n) is 3.03. The summed E-state index contributed by atoms with van der Waals surface area (Å²) in [6.45, 7) is 1.52. The topological polar surface area (TPSA) is 77.2 Å². The van der Waals surface area contributed by atoms with Gasteiger partial charge in [0.2, 0.25) is 5.91 Å². The molecular formula is C9H12FN3O2. The highest BCUT2D eigenvalue weighted by molar-refractivity contribution is 5.74. The number of hydroxylamine groups is 1. The van der Waals surface area contributed by atoms with Gasteiger partial charge in [-0.3, -0.25) is 14.6 Å². The van der Waals surface area contributed by atoms with E-state index in [1.165, 1.54) is 12.3 Å². The molecule has 0 aliphatic carbocycles. The van der Waals surface area contributed by atoms with Crippen LogP contribution in [0.4, 0.5) is 4.39 Å². The van der Waals surface area contributed by atoms with Gasteiger partial charge in [-0.2, -0.15) is 5.48 Å². The smallest absolute Gasteiger partial charge is 0.245 e. The van der Waals surface area contributed by atoms with Gasteiger partial charge in [0, 0.05) is 6.20 Å². The summed E-state index contributed by atoms with van der Waals surface area (Å²) in [6.07, 6.45) is 2.62. The van der Waals surface area contributed by atoms with Crippen molar-refractivity contribution in [3.8, 4) is 0 Å². The molecule has 0 spiro atoms. The molecule has 1 amide bonds. The van der Waals surface area contributed by atoms with E-state index in [1.54, 1.807) is 6.92 Å². The zero-order chi connectivity index (χ0) is 11.3. The summed E-state index contributed by atoms with van der Waals surface area (Å²) in [7, 11) is 0. The van der Waals surface area contributed by atoms with Crippen LogP contribution in [0.3, 0.4) is 0 Å². The third-order valence-electron chi connectivity index (χ3n) is 1.70. The summed E-state index contributed by atoms with van der Waals surface area (Å²) in [4.78, 5) is 18.8. The van der Waals surface area contributed by atoms with E-state index in [-0.39, 0.29) is 12.6 Å². The maximum Gasteiger partial charge on any atom is 0.245 e. The Morgan fingerprint density at radius 2 is 2.47 bits per heavy atom. The number of carbonyl (C=O) groups excluding carboxylic acids is 1. The van der Waals surface area contributed by atoms with Crippen LogP contribution in [0.5, 0.6) is 0 Å². The summed E-state index contributed by atoms with van der Waals surface area (Å²) in [5.41, 5.74) is 8.04. The van der Waals surface area contributed by atoms with E-state index in [9.17, 15) is 9.18 Å². The fourth-order valence-electron chi connectivity index (χ4n) is 0.971. The van der Waals surface area contributed by atoms with Gasteiger partial charge in [-0.05, 0) is 18.6 Å². The van der Waals surface area contributed by atoms with Crippen LogP contribution in [-0.4, -0.2) is 17.5 Å². The lowest BCUT2D eigenvalue weighted by atomic mass is 10.1. The predicted octanol–water partition coefficient (Wildman–Crippen LogP) is 0.288. The third-order valence-corrected chi connectivity index (χ3v) is 1.70. The van der Waals surface area contributed by atoms with Crippen molar-refractivity contribution in [1.82, 2.24) is 10.5 Å². The normalized spacial score (nSPS) is 12.4. The molecule has 0 saturated heterocycles. The minimum Gasteiger partial charge on any atom is -0.368 e. The lowest BCUT2D eigenvalue weighted by molar-refractivity contribution is -0.126. The summed E-state index contributed by atoms with van der Waals surface area (Å²) < 4.78 is 12.8. The highest BCUT2D eigenvalue weighted by Crippen LogP contribution is 2.11. The number of hydrogen-bond acceptors (Lipinski definition) is 4. The molecule has 1 rings (SSSR count). The number of carbonyl (C=O) groups is 1. The molecule has 1 unspecified atom stereocenters. The van der Waals surface area contributed by atoms with Crippen LogP contribution in [0.1, 0.15) is 18.5 Å². The Labute approximate surface area is 86.4 Å².